The van der Waals surface area contributed by atoms with Crippen molar-refractivity contribution in [3.8, 4) is 0 Å². The van der Waals surface area contributed by atoms with Gasteiger partial charge in [-0.05, 0) is 0 Å². The number of rotatable bonds is 2. The fraction of sp³-hybridized carbons (Fsp3) is 0.429. The molecule has 1 aliphatic rings. The van der Waals surface area contributed by atoms with Crippen LogP contribution in [-0.4, -0.2) is 0 Å². The first-order valence-electron chi connectivity index (χ1n) is 2.96. The van der Waals surface area contributed by atoms with Gasteiger partial charge in [-0.2, -0.15) is 0 Å². The smallest absolute Gasteiger partial charge is 1.00 e. The SMILES string of the molecule is C[CH2][V+3][C]1=CC=CC1.[Cl-].[Cl-].[Cl-]. The normalized spacial score (nSPS) is 11.5. The average molecular weight is 251 g/mol. The summed E-state index contributed by atoms with van der Waals surface area (Å²) in [4.78, 5) is 0. The fourth-order valence-corrected chi connectivity index (χ4v) is 2.06. The minimum Gasteiger partial charge on any atom is -1.00 e. The summed E-state index contributed by atoms with van der Waals surface area (Å²) in [6, 6.07) is 0. The molecule has 1 rings (SSSR count). The van der Waals surface area contributed by atoms with Gasteiger partial charge >= 0.3 is 57.3 Å². The quantitative estimate of drug-likeness (QED) is 0.458. The Hall–Kier alpha value is 0.934. The summed E-state index contributed by atoms with van der Waals surface area (Å²) in [6.45, 7) is 2.26. The second kappa shape index (κ2) is 10.9. The van der Waals surface area contributed by atoms with Crippen LogP contribution in [0.5, 0.6) is 0 Å². The third-order valence-electron chi connectivity index (χ3n) is 1.11. The molecule has 1 aliphatic carbocycles. The maximum atomic E-state index is 2.27. The van der Waals surface area contributed by atoms with Gasteiger partial charge in [-0.3, -0.25) is 0 Å². The van der Waals surface area contributed by atoms with Gasteiger partial charge in [0, 0.05) is 0 Å². The van der Waals surface area contributed by atoms with Gasteiger partial charge < -0.3 is 37.2 Å². The van der Waals surface area contributed by atoms with Crippen molar-refractivity contribution < 1.29 is 53.5 Å². The second-order valence-corrected chi connectivity index (χ2v) is 4.14. The molecule has 0 unspecified atom stereocenters. The van der Waals surface area contributed by atoms with Gasteiger partial charge in [0.25, 0.3) is 0 Å². The van der Waals surface area contributed by atoms with Crippen LogP contribution >= 0.6 is 0 Å². The van der Waals surface area contributed by atoms with Gasteiger partial charge in [0.1, 0.15) is 0 Å². The minimum atomic E-state index is 0. The van der Waals surface area contributed by atoms with Crippen molar-refractivity contribution in [1.29, 1.82) is 0 Å². The van der Waals surface area contributed by atoms with Crippen molar-refractivity contribution in [2.45, 2.75) is 18.5 Å². The molecule has 0 fully saturated rings. The van der Waals surface area contributed by atoms with Crippen LogP contribution in [0.2, 0.25) is 5.13 Å². The van der Waals surface area contributed by atoms with Crippen LogP contribution in [-0.2, 0) is 16.3 Å². The molecule has 0 aromatic carbocycles. The average Bonchev–Trinajstić information content (AvgIpc) is 2.19. The van der Waals surface area contributed by atoms with Crippen LogP contribution in [0.4, 0.5) is 0 Å². The van der Waals surface area contributed by atoms with Crippen LogP contribution in [0.25, 0.3) is 0 Å². The van der Waals surface area contributed by atoms with E-state index in [4.69, 9.17) is 0 Å². The molecule has 0 bridgehead atoms. The number of hydrogen-bond donors (Lipinski definition) is 0. The molecule has 0 saturated heterocycles. The van der Waals surface area contributed by atoms with Crippen LogP contribution in [0.1, 0.15) is 13.3 Å². The Kier molecular flexibility index (Phi) is 17.8. The maximum Gasteiger partial charge on any atom is -1.00 e. The van der Waals surface area contributed by atoms with Crippen molar-refractivity contribution in [1.82, 2.24) is 0 Å². The van der Waals surface area contributed by atoms with Crippen molar-refractivity contribution in [3.05, 3.63) is 22.5 Å². The van der Waals surface area contributed by atoms with Crippen molar-refractivity contribution in [3.63, 3.8) is 0 Å². The molecule has 4 heteroatoms. The first-order valence-corrected chi connectivity index (χ1v) is 4.65. The van der Waals surface area contributed by atoms with Gasteiger partial charge in [-0.1, -0.05) is 0 Å². The summed E-state index contributed by atoms with van der Waals surface area (Å²) in [5.41, 5.74) is 0. The Balaban J connectivity index is -0.000000213. The molecule has 0 heterocycles. The summed E-state index contributed by atoms with van der Waals surface area (Å²) < 4.78 is 1.68. The Morgan fingerprint density at radius 1 is 1.36 bits per heavy atom. The zero-order chi connectivity index (χ0) is 5.82. The number of hydrogen-bond acceptors (Lipinski definition) is 0. The predicted octanol–water partition coefficient (Wildman–Crippen LogP) is -6.64. The maximum absolute atomic E-state index is 2.27. The van der Waals surface area contributed by atoms with E-state index in [9.17, 15) is 0 Å². The summed E-state index contributed by atoms with van der Waals surface area (Å²) in [6.07, 6.45) is 7.92. The van der Waals surface area contributed by atoms with E-state index in [1.807, 2.05) is 0 Å². The molecule has 0 aromatic heterocycles. The van der Waals surface area contributed by atoms with E-state index < -0.39 is 0 Å². The third kappa shape index (κ3) is 7.30. The van der Waals surface area contributed by atoms with Gasteiger partial charge in [-0.25, -0.2) is 0 Å². The summed E-state index contributed by atoms with van der Waals surface area (Å²) in [5, 5.41) is 1.38. The Bertz CT molecular complexity index is 132. The van der Waals surface area contributed by atoms with E-state index in [0.29, 0.717) is 16.3 Å². The van der Waals surface area contributed by atoms with Gasteiger partial charge in [0.05, 0.1) is 0 Å². The van der Waals surface area contributed by atoms with Crippen molar-refractivity contribution in [2.75, 3.05) is 0 Å². The van der Waals surface area contributed by atoms with E-state index in [1.165, 1.54) is 11.6 Å². The standard InChI is InChI=1S/C5H5.C2H5.3ClH.V/c1-2-4-5-3-1;1-2;;;;/h1-3H,4H2;1H2,2H3;3*1H;/q;;;;;+3/p-3. The van der Waals surface area contributed by atoms with E-state index in [0.717, 1.165) is 0 Å². The molecular formula is C7H10Cl3V. The molecule has 0 N–H and O–H groups in total. The molecule has 0 nitrogen and oxygen atoms in total. The van der Waals surface area contributed by atoms with Gasteiger partial charge in [0.2, 0.25) is 0 Å². The zero-order valence-electron chi connectivity index (χ0n) is 6.23. The Morgan fingerprint density at radius 2 is 2.00 bits per heavy atom. The largest absolute Gasteiger partial charge is 1.00 e. The van der Waals surface area contributed by atoms with Gasteiger partial charge in [-0.15, -0.1) is 0 Å². The summed E-state index contributed by atoms with van der Waals surface area (Å²) in [7, 11) is 0. The Morgan fingerprint density at radius 3 is 2.36 bits per heavy atom. The van der Waals surface area contributed by atoms with Crippen LogP contribution in [0.3, 0.4) is 0 Å². The van der Waals surface area contributed by atoms with Gasteiger partial charge in [0.15, 0.2) is 0 Å². The first kappa shape index (κ1) is 17.9. The second-order valence-electron chi connectivity index (χ2n) is 1.76. The number of halogens is 3. The van der Waals surface area contributed by atoms with E-state index in [1.54, 1.807) is 4.28 Å². The molecule has 0 saturated carbocycles. The van der Waals surface area contributed by atoms with Crippen LogP contribution < -0.4 is 37.2 Å². The van der Waals surface area contributed by atoms with Crippen LogP contribution in [0.15, 0.2) is 22.5 Å². The molecule has 0 aliphatic heterocycles. The Labute approximate surface area is 94.2 Å². The molecular weight excluding hydrogens is 241 g/mol. The first-order chi connectivity index (χ1) is 3.93. The minimum absolute atomic E-state index is 0. The third-order valence-corrected chi connectivity index (χ3v) is 2.76. The monoisotopic (exact) mass is 250 g/mol. The van der Waals surface area contributed by atoms with Crippen LogP contribution in [0, 0.1) is 0 Å². The fourth-order valence-electron chi connectivity index (χ4n) is 0.756. The van der Waals surface area contributed by atoms with Crippen molar-refractivity contribution in [2.24, 2.45) is 0 Å². The molecule has 64 valence electrons. The molecule has 0 amide bonds. The number of allylic oxidation sites excluding steroid dienone is 4. The molecule has 0 aromatic rings. The summed E-state index contributed by atoms with van der Waals surface area (Å²) in [5.74, 6) is 0. The van der Waals surface area contributed by atoms with E-state index in [-0.39, 0.29) is 37.2 Å². The molecule has 11 heavy (non-hydrogen) atoms. The summed E-state index contributed by atoms with van der Waals surface area (Å²) >= 11 is 0.550. The predicted molar refractivity (Wildman–Crippen MR) is 32.3 cm³/mol. The van der Waals surface area contributed by atoms with E-state index >= 15 is 0 Å². The molecule has 0 radical (unpaired) electrons. The molecule has 0 spiro atoms. The zero-order valence-corrected chi connectivity index (χ0v) is 9.89. The van der Waals surface area contributed by atoms with Crippen molar-refractivity contribution >= 4 is 0 Å². The molecule has 0 atom stereocenters. The topological polar surface area (TPSA) is 0 Å². The van der Waals surface area contributed by atoms with E-state index in [2.05, 4.69) is 25.2 Å².